The van der Waals surface area contributed by atoms with Crippen LogP contribution in [0.5, 0.6) is 0 Å². The van der Waals surface area contributed by atoms with Gasteiger partial charge in [0.1, 0.15) is 11.5 Å². The van der Waals surface area contributed by atoms with E-state index in [4.69, 9.17) is 11.6 Å². The molecule has 1 aromatic carbocycles. The van der Waals surface area contributed by atoms with Crippen LogP contribution in [0.2, 0.25) is 5.15 Å². The van der Waals surface area contributed by atoms with Crippen LogP contribution in [-0.2, 0) is 12.3 Å². The van der Waals surface area contributed by atoms with E-state index >= 15 is 0 Å². The zero-order valence-corrected chi connectivity index (χ0v) is 9.53. The summed E-state index contributed by atoms with van der Waals surface area (Å²) in [6, 6.07) is 7.62. The minimum Gasteiger partial charge on any atom is -0.244 e. The van der Waals surface area contributed by atoms with E-state index in [0.29, 0.717) is 0 Å². The molecule has 0 radical (unpaired) electrons. The van der Waals surface area contributed by atoms with Crippen molar-refractivity contribution >= 4 is 11.6 Å². The van der Waals surface area contributed by atoms with Crippen molar-refractivity contribution in [2.75, 3.05) is 0 Å². The summed E-state index contributed by atoms with van der Waals surface area (Å²) in [7, 11) is 0. The molecule has 0 saturated heterocycles. The maximum atomic E-state index is 13.9. The van der Waals surface area contributed by atoms with Gasteiger partial charge in [-0.2, -0.15) is 0 Å². The van der Waals surface area contributed by atoms with E-state index in [-0.39, 0.29) is 16.3 Å². The quantitative estimate of drug-likeness (QED) is 0.784. The first-order valence-corrected chi connectivity index (χ1v) is 5.35. The molecule has 88 valence electrons. The standard InChI is InChI=1S/C12H9ClF2N2/c13-11-9(7-16-8-17-11)6-12(14,15)10-4-2-1-3-5-10/h1-5,7-8H,6H2. The summed E-state index contributed by atoms with van der Waals surface area (Å²) in [6.45, 7) is 0. The van der Waals surface area contributed by atoms with Crippen molar-refractivity contribution in [1.82, 2.24) is 9.97 Å². The highest BCUT2D eigenvalue weighted by Gasteiger charge is 2.32. The Morgan fingerprint density at radius 1 is 1.18 bits per heavy atom. The van der Waals surface area contributed by atoms with Gasteiger partial charge in [-0.3, -0.25) is 0 Å². The van der Waals surface area contributed by atoms with Crippen LogP contribution in [0.4, 0.5) is 8.78 Å². The molecule has 0 saturated carbocycles. The Morgan fingerprint density at radius 3 is 2.53 bits per heavy atom. The largest absolute Gasteiger partial charge is 0.277 e. The number of aromatic nitrogens is 2. The van der Waals surface area contributed by atoms with Crippen LogP contribution in [0.3, 0.4) is 0 Å². The summed E-state index contributed by atoms with van der Waals surface area (Å²) < 4.78 is 27.8. The predicted octanol–water partition coefficient (Wildman–Crippen LogP) is 3.46. The molecule has 5 heteroatoms. The van der Waals surface area contributed by atoms with Crippen LogP contribution in [0.25, 0.3) is 0 Å². The lowest BCUT2D eigenvalue weighted by Crippen LogP contribution is -2.17. The molecule has 1 heterocycles. The highest BCUT2D eigenvalue weighted by Crippen LogP contribution is 2.32. The number of hydrogen-bond donors (Lipinski definition) is 0. The number of hydrogen-bond acceptors (Lipinski definition) is 2. The van der Waals surface area contributed by atoms with Gasteiger partial charge in [-0.25, -0.2) is 18.7 Å². The van der Waals surface area contributed by atoms with Crippen molar-refractivity contribution in [1.29, 1.82) is 0 Å². The van der Waals surface area contributed by atoms with Crippen molar-refractivity contribution in [3.63, 3.8) is 0 Å². The van der Waals surface area contributed by atoms with Gasteiger partial charge in [0.05, 0.1) is 0 Å². The highest BCUT2D eigenvalue weighted by molar-refractivity contribution is 6.30. The Morgan fingerprint density at radius 2 is 1.88 bits per heavy atom. The fourth-order valence-corrected chi connectivity index (χ4v) is 1.64. The molecule has 0 unspecified atom stereocenters. The highest BCUT2D eigenvalue weighted by atomic mass is 35.5. The summed E-state index contributed by atoms with van der Waals surface area (Å²) in [4.78, 5) is 7.37. The molecule has 0 spiro atoms. The lowest BCUT2D eigenvalue weighted by molar-refractivity contribution is -0.00396. The lowest BCUT2D eigenvalue weighted by atomic mass is 10.0. The van der Waals surface area contributed by atoms with Crippen LogP contribution in [0.1, 0.15) is 11.1 Å². The second kappa shape index (κ2) is 4.75. The first-order chi connectivity index (χ1) is 8.09. The molecule has 2 rings (SSSR count). The van der Waals surface area contributed by atoms with Gasteiger partial charge in [0.2, 0.25) is 0 Å². The molecule has 0 aliphatic rings. The van der Waals surface area contributed by atoms with E-state index in [0.717, 1.165) is 0 Å². The minimum atomic E-state index is -2.98. The molecule has 2 nitrogen and oxygen atoms in total. The fourth-order valence-electron chi connectivity index (χ4n) is 1.49. The average Bonchev–Trinajstić information content (AvgIpc) is 2.33. The number of rotatable bonds is 3. The van der Waals surface area contributed by atoms with Gasteiger partial charge in [-0.1, -0.05) is 41.9 Å². The molecular weight excluding hydrogens is 246 g/mol. The SMILES string of the molecule is FC(F)(Cc1cncnc1Cl)c1ccccc1. The third kappa shape index (κ3) is 2.77. The lowest BCUT2D eigenvalue weighted by Gasteiger charge is -2.16. The van der Waals surface area contributed by atoms with Crippen molar-refractivity contribution in [2.24, 2.45) is 0 Å². The van der Waals surface area contributed by atoms with Gasteiger partial charge in [-0.05, 0) is 0 Å². The third-order valence-corrected chi connectivity index (χ3v) is 2.68. The summed E-state index contributed by atoms with van der Waals surface area (Å²) in [5.41, 5.74) is 0.197. The van der Waals surface area contributed by atoms with E-state index < -0.39 is 12.3 Å². The summed E-state index contributed by atoms with van der Waals surface area (Å²) in [5.74, 6) is -2.98. The van der Waals surface area contributed by atoms with Crippen molar-refractivity contribution in [3.8, 4) is 0 Å². The molecule has 0 aliphatic carbocycles. The summed E-state index contributed by atoms with van der Waals surface area (Å²) >= 11 is 5.73. The molecule has 17 heavy (non-hydrogen) atoms. The average molecular weight is 255 g/mol. The molecule has 0 amide bonds. The van der Waals surface area contributed by atoms with Gasteiger partial charge in [-0.15, -0.1) is 0 Å². The Labute approximate surface area is 102 Å². The normalized spacial score (nSPS) is 11.5. The van der Waals surface area contributed by atoms with Crippen molar-refractivity contribution in [3.05, 3.63) is 59.1 Å². The number of benzene rings is 1. The van der Waals surface area contributed by atoms with Crippen molar-refractivity contribution in [2.45, 2.75) is 12.3 Å². The topological polar surface area (TPSA) is 25.8 Å². The van der Waals surface area contributed by atoms with Gasteiger partial charge in [0.25, 0.3) is 5.92 Å². The van der Waals surface area contributed by atoms with E-state index in [2.05, 4.69) is 9.97 Å². The molecule has 2 aromatic rings. The summed E-state index contributed by atoms with van der Waals surface area (Å²) in [6.07, 6.45) is 2.04. The monoisotopic (exact) mass is 254 g/mol. The molecule has 1 aromatic heterocycles. The van der Waals surface area contributed by atoms with E-state index in [1.807, 2.05) is 0 Å². The van der Waals surface area contributed by atoms with Gasteiger partial charge in [0.15, 0.2) is 0 Å². The summed E-state index contributed by atoms with van der Waals surface area (Å²) in [5, 5.41) is 0.0654. The maximum absolute atomic E-state index is 13.9. The Hall–Kier alpha value is -1.55. The van der Waals surface area contributed by atoms with Crippen LogP contribution in [0.15, 0.2) is 42.9 Å². The number of halogens is 3. The molecule has 0 bridgehead atoms. The van der Waals surface area contributed by atoms with Gasteiger partial charge < -0.3 is 0 Å². The van der Waals surface area contributed by atoms with E-state index in [1.165, 1.54) is 24.7 Å². The molecule has 0 N–H and O–H groups in total. The number of alkyl halides is 2. The Kier molecular flexibility index (Phi) is 3.33. The zero-order chi connectivity index (χ0) is 12.3. The Bertz CT molecular complexity index is 503. The molecule has 0 aliphatic heterocycles. The van der Waals surface area contributed by atoms with Crippen LogP contribution >= 0.6 is 11.6 Å². The second-order valence-corrected chi connectivity index (χ2v) is 3.94. The van der Waals surface area contributed by atoms with E-state index in [1.54, 1.807) is 18.2 Å². The zero-order valence-electron chi connectivity index (χ0n) is 8.78. The molecule has 0 atom stereocenters. The molecular formula is C12H9ClF2N2. The van der Waals surface area contributed by atoms with Crippen LogP contribution < -0.4 is 0 Å². The predicted molar refractivity (Wildman–Crippen MR) is 61.1 cm³/mol. The van der Waals surface area contributed by atoms with Gasteiger partial charge in [0, 0.05) is 23.7 Å². The van der Waals surface area contributed by atoms with E-state index in [9.17, 15) is 8.78 Å². The molecule has 0 fully saturated rings. The number of nitrogens with zero attached hydrogens (tertiary/aromatic N) is 2. The van der Waals surface area contributed by atoms with Gasteiger partial charge >= 0.3 is 0 Å². The van der Waals surface area contributed by atoms with Crippen molar-refractivity contribution < 1.29 is 8.78 Å². The third-order valence-electron chi connectivity index (χ3n) is 2.34. The minimum absolute atomic E-state index is 0.0417. The smallest absolute Gasteiger partial charge is 0.244 e. The fraction of sp³-hybridized carbons (Fsp3) is 0.167. The second-order valence-electron chi connectivity index (χ2n) is 3.59. The first-order valence-electron chi connectivity index (χ1n) is 4.97. The van der Waals surface area contributed by atoms with Crippen LogP contribution in [-0.4, -0.2) is 9.97 Å². The Balaban J connectivity index is 2.27. The maximum Gasteiger partial charge on any atom is 0.277 e. The first kappa shape index (κ1) is 11.9. The van der Waals surface area contributed by atoms with Crippen LogP contribution in [0, 0.1) is 0 Å².